The second-order valence-corrected chi connectivity index (χ2v) is 8.65. The highest BCUT2D eigenvalue weighted by Gasteiger charge is 2.47. The van der Waals surface area contributed by atoms with Gasteiger partial charge in [-0.1, -0.05) is 32.4 Å². The average Bonchev–Trinajstić information content (AvgIpc) is 3.78. The number of urea groups is 1. The van der Waals surface area contributed by atoms with E-state index in [0.29, 0.717) is 35.3 Å². The minimum atomic E-state index is -0.385. The lowest BCUT2D eigenvalue weighted by Crippen LogP contribution is -2.48. The Kier molecular flexibility index (Phi) is 7.15. The molecule has 3 aliphatic rings. The zero-order valence-corrected chi connectivity index (χ0v) is 20.8. The van der Waals surface area contributed by atoms with Crippen LogP contribution in [-0.2, 0) is 4.79 Å². The number of esters is 1. The van der Waals surface area contributed by atoms with Crippen LogP contribution in [0.3, 0.4) is 0 Å². The molecule has 2 aromatic rings. The number of aromatic amines is 1. The van der Waals surface area contributed by atoms with Gasteiger partial charge < -0.3 is 14.5 Å². The summed E-state index contributed by atoms with van der Waals surface area (Å²) in [6, 6.07) is 5.79. The van der Waals surface area contributed by atoms with Crippen LogP contribution in [0, 0.1) is 18.8 Å². The molecule has 0 unspecified atom stereocenters. The zero-order valence-electron chi connectivity index (χ0n) is 20.8. The minimum Gasteiger partial charge on any atom is -0.493 e. The van der Waals surface area contributed by atoms with E-state index >= 15 is 0 Å². The number of H-pyrrole nitrogens is 1. The van der Waals surface area contributed by atoms with Crippen LogP contribution < -0.4 is 14.4 Å². The molecule has 35 heavy (non-hydrogen) atoms. The second kappa shape index (κ2) is 10.3. The number of carbonyl (C=O) groups excluding carboxylic acids is 2. The molecule has 2 amide bonds. The van der Waals surface area contributed by atoms with E-state index in [0.717, 1.165) is 36.9 Å². The first-order chi connectivity index (χ1) is 17.0. The van der Waals surface area contributed by atoms with Crippen LogP contribution in [-0.4, -0.2) is 46.1 Å². The van der Waals surface area contributed by atoms with Gasteiger partial charge in [0.15, 0.2) is 23.1 Å². The number of nitrogens with one attached hydrogen (secondary N) is 1. The Balaban J connectivity index is 0.00000141. The Labute approximate surface area is 206 Å². The number of rotatable bonds is 6. The van der Waals surface area contributed by atoms with Gasteiger partial charge in [-0.05, 0) is 56.2 Å². The molecule has 1 N–H and O–H groups in total. The smallest absolute Gasteiger partial charge is 0.330 e. The Hall–Kier alpha value is -3.73. The number of aromatic nitrogens is 2. The van der Waals surface area contributed by atoms with Crippen molar-refractivity contribution in [1.82, 2.24) is 14.9 Å². The predicted octanol–water partition coefficient (Wildman–Crippen LogP) is 5.03. The van der Waals surface area contributed by atoms with Gasteiger partial charge in [0.05, 0.1) is 19.2 Å². The molecule has 2 aliphatic carbocycles. The van der Waals surface area contributed by atoms with Crippen LogP contribution in [0.15, 0.2) is 24.8 Å². The van der Waals surface area contributed by atoms with E-state index < -0.39 is 0 Å². The molecule has 0 saturated heterocycles. The number of imidazole rings is 1. The third-order valence-corrected chi connectivity index (χ3v) is 5.93. The van der Waals surface area contributed by atoms with Gasteiger partial charge in [0.25, 0.3) is 0 Å². The van der Waals surface area contributed by atoms with Gasteiger partial charge in [0.2, 0.25) is 0 Å². The molecule has 2 heterocycles. The Bertz CT molecular complexity index is 1200. The van der Waals surface area contributed by atoms with E-state index in [1.165, 1.54) is 7.11 Å². The Morgan fingerprint density at radius 2 is 1.86 bits per heavy atom. The second-order valence-electron chi connectivity index (χ2n) is 8.65. The standard InChI is InChI=1S/C25H26N4O4.C2H6/c1-15-8-13-19(20(14-15)32-3)33-22(30)7-5-4-6-21-26-23-16(2)28(17-9-10-17)25(31)29(18-11-12-18)24(23)27-21;1-2/h8,13-14,17-18H,2,5,7,9-12H2,1,3H3,(H,26,27);1-2H3. The molecule has 0 atom stereocenters. The van der Waals surface area contributed by atoms with E-state index in [4.69, 9.17) is 9.47 Å². The molecule has 1 aliphatic heterocycles. The van der Waals surface area contributed by atoms with Crippen molar-refractivity contribution in [3.63, 3.8) is 0 Å². The van der Waals surface area contributed by atoms with Crippen LogP contribution in [0.4, 0.5) is 10.6 Å². The molecule has 8 nitrogen and oxygen atoms in total. The van der Waals surface area contributed by atoms with Gasteiger partial charge in [-0.2, -0.15) is 0 Å². The van der Waals surface area contributed by atoms with Crippen molar-refractivity contribution < 1.29 is 19.1 Å². The predicted molar refractivity (Wildman–Crippen MR) is 134 cm³/mol. The fourth-order valence-electron chi connectivity index (χ4n) is 3.96. The summed E-state index contributed by atoms with van der Waals surface area (Å²) in [6.07, 6.45) is 4.43. The summed E-state index contributed by atoms with van der Waals surface area (Å²) in [5.74, 6) is 7.55. The lowest BCUT2D eigenvalue weighted by atomic mass is 10.2. The van der Waals surface area contributed by atoms with Gasteiger partial charge in [-0.15, -0.1) is 0 Å². The third-order valence-electron chi connectivity index (χ3n) is 5.93. The number of carbonyl (C=O) groups is 2. The molecule has 0 bridgehead atoms. The number of fused-ring (bicyclic) bond motifs is 1. The number of ether oxygens (including phenoxy) is 2. The molecule has 1 aromatic carbocycles. The van der Waals surface area contributed by atoms with Crippen LogP contribution in [0.25, 0.3) is 5.70 Å². The van der Waals surface area contributed by atoms with Crippen LogP contribution >= 0.6 is 0 Å². The number of amides is 2. The van der Waals surface area contributed by atoms with Crippen LogP contribution in [0.5, 0.6) is 11.5 Å². The SMILES string of the molecule is C=C1c2[nH]c(C#CCCC(=O)Oc3ccc(C)cc3OC)nc2N(C2CC2)C(=O)N1C1CC1.CC. The third kappa shape index (κ3) is 5.19. The summed E-state index contributed by atoms with van der Waals surface area (Å²) in [5.41, 5.74) is 2.43. The monoisotopic (exact) mass is 476 g/mol. The number of aryl methyl sites for hydroxylation is 1. The first-order valence-corrected chi connectivity index (χ1v) is 12.2. The maximum atomic E-state index is 13.1. The largest absolute Gasteiger partial charge is 0.493 e. The maximum Gasteiger partial charge on any atom is 0.330 e. The summed E-state index contributed by atoms with van der Waals surface area (Å²) < 4.78 is 10.7. The first-order valence-electron chi connectivity index (χ1n) is 12.2. The number of methoxy groups -OCH3 is 1. The number of hydrogen-bond acceptors (Lipinski definition) is 5. The van der Waals surface area contributed by atoms with Gasteiger partial charge in [-0.25, -0.2) is 9.78 Å². The molecule has 184 valence electrons. The lowest BCUT2D eigenvalue weighted by Gasteiger charge is -2.35. The first kappa shape index (κ1) is 24.4. The molecular weight excluding hydrogens is 444 g/mol. The quantitative estimate of drug-likeness (QED) is 0.359. The topological polar surface area (TPSA) is 87.8 Å². The van der Waals surface area contributed by atoms with Crippen molar-refractivity contribution in [2.45, 2.75) is 71.4 Å². The van der Waals surface area contributed by atoms with Gasteiger partial charge in [-0.3, -0.25) is 14.6 Å². The highest BCUT2D eigenvalue weighted by atomic mass is 16.6. The maximum absolute atomic E-state index is 13.1. The molecule has 1 aromatic heterocycles. The summed E-state index contributed by atoms with van der Waals surface area (Å²) in [4.78, 5) is 36.7. The fourth-order valence-corrected chi connectivity index (χ4v) is 3.96. The highest BCUT2D eigenvalue weighted by molar-refractivity contribution is 6.04. The van der Waals surface area contributed by atoms with Gasteiger partial charge >= 0.3 is 12.0 Å². The molecule has 0 radical (unpaired) electrons. The molecule has 2 fully saturated rings. The zero-order chi connectivity index (χ0) is 25.1. The summed E-state index contributed by atoms with van der Waals surface area (Å²) >= 11 is 0. The summed E-state index contributed by atoms with van der Waals surface area (Å²) in [5, 5.41) is 0. The normalized spacial score (nSPS) is 16.6. The van der Waals surface area contributed by atoms with Crippen molar-refractivity contribution in [2.75, 3.05) is 12.0 Å². The van der Waals surface area contributed by atoms with E-state index in [1.54, 1.807) is 15.9 Å². The average molecular weight is 477 g/mol. The van der Waals surface area contributed by atoms with E-state index in [1.807, 2.05) is 32.9 Å². The van der Waals surface area contributed by atoms with E-state index in [-0.39, 0.29) is 30.5 Å². The fraction of sp³-hybridized carbons (Fsp3) is 0.444. The number of anilines is 1. The molecule has 5 rings (SSSR count). The van der Waals surface area contributed by atoms with E-state index in [2.05, 4.69) is 28.4 Å². The number of benzene rings is 1. The lowest BCUT2D eigenvalue weighted by molar-refractivity contribution is -0.134. The highest BCUT2D eigenvalue weighted by Crippen LogP contribution is 2.44. The summed E-state index contributed by atoms with van der Waals surface area (Å²) in [6.45, 7) is 10.1. The molecular formula is C27H32N4O4. The molecule has 8 heteroatoms. The van der Waals surface area contributed by atoms with Crippen LogP contribution in [0.2, 0.25) is 0 Å². The van der Waals surface area contributed by atoms with Gasteiger partial charge in [0.1, 0.15) is 5.69 Å². The Morgan fingerprint density at radius 3 is 2.51 bits per heavy atom. The van der Waals surface area contributed by atoms with Crippen LogP contribution in [0.1, 0.15) is 69.5 Å². The van der Waals surface area contributed by atoms with E-state index in [9.17, 15) is 9.59 Å². The molecule has 2 saturated carbocycles. The van der Waals surface area contributed by atoms with Crippen molar-refractivity contribution >= 4 is 23.5 Å². The van der Waals surface area contributed by atoms with Crippen molar-refractivity contribution in [3.8, 4) is 23.3 Å². The van der Waals surface area contributed by atoms with Gasteiger partial charge in [0, 0.05) is 18.5 Å². The molecule has 0 spiro atoms. The summed E-state index contributed by atoms with van der Waals surface area (Å²) in [7, 11) is 1.54. The number of nitrogens with zero attached hydrogens (tertiary/aromatic N) is 3. The van der Waals surface area contributed by atoms with Crippen molar-refractivity contribution in [3.05, 3.63) is 41.9 Å². The van der Waals surface area contributed by atoms with Crippen molar-refractivity contribution in [2.24, 2.45) is 0 Å². The van der Waals surface area contributed by atoms with Crippen molar-refractivity contribution in [1.29, 1.82) is 0 Å². The number of hydrogen-bond donors (Lipinski definition) is 1. The Morgan fingerprint density at radius 1 is 1.17 bits per heavy atom. The minimum absolute atomic E-state index is 0.0298.